The molecule has 2 fully saturated rings. The minimum Gasteiger partial charge on any atom is -0.390 e. The molecule has 5 nitrogen and oxygen atoms in total. The first-order valence-electron chi connectivity index (χ1n) is 8.05. The van der Waals surface area contributed by atoms with Crippen LogP contribution in [0.5, 0.6) is 0 Å². The van der Waals surface area contributed by atoms with Crippen molar-refractivity contribution in [3.8, 4) is 0 Å². The Balaban J connectivity index is 1.91. The largest absolute Gasteiger partial charge is 0.390 e. The van der Waals surface area contributed by atoms with E-state index in [1.54, 1.807) is 0 Å². The van der Waals surface area contributed by atoms with Crippen LogP contribution in [0.4, 0.5) is 5.69 Å². The maximum atomic E-state index is 9.70. The van der Waals surface area contributed by atoms with Crippen molar-refractivity contribution in [2.75, 3.05) is 18.1 Å². The Labute approximate surface area is 126 Å². The van der Waals surface area contributed by atoms with Crippen LogP contribution in [-0.2, 0) is 11.3 Å². The van der Waals surface area contributed by atoms with E-state index in [2.05, 4.69) is 28.7 Å². The standard InChI is InChI=1S/C16H25N3O2/c1-11(2)16-17-9-14(12(10-20)18-16)19-7-8-21-15-6-4-3-5-13(15)19/h9,11,13,15,20H,3-8,10H2,1-2H3. The van der Waals surface area contributed by atoms with E-state index in [1.165, 1.54) is 12.8 Å². The quantitative estimate of drug-likeness (QED) is 0.925. The van der Waals surface area contributed by atoms with Crippen molar-refractivity contribution in [1.82, 2.24) is 9.97 Å². The molecule has 0 radical (unpaired) electrons. The fourth-order valence-corrected chi connectivity index (χ4v) is 3.46. The van der Waals surface area contributed by atoms with E-state index in [9.17, 15) is 5.11 Å². The van der Waals surface area contributed by atoms with Crippen molar-refractivity contribution in [3.63, 3.8) is 0 Å². The Morgan fingerprint density at radius 3 is 2.95 bits per heavy atom. The number of nitrogens with zero attached hydrogens (tertiary/aromatic N) is 3. The highest BCUT2D eigenvalue weighted by atomic mass is 16.5. The van der Waals surface area contributed by atoms with Crippen molar-refractivity contribution >= 4 is 5.69 Å². The average molecular weight is 291 g/mol. The molecular weight excluding hydrogens is 266 g/mol. The molecule has 1 N–H and O–H groups in total. The summed E-state index contributed by atoms with van der Waals surface area (Å²) in [5.41, 5.74) is 1.74. The second-order valence-corrected chi connectivity index (χ2v) is 6.33. The van der Waals surface area contributed by atoms with Crippen LogP contribution in [0.2, 0.25) is 0 Å². The lowest BCUT2D eigenvalue weighted by molar-refractivity contribution is -0.00887. The molecule has 0 bridgehead atoms. The smallest absolute Gasteiger partial charge is 0.131 e. The molecule has 1 aliphatic carbocycles. The van der Waals surface area contributed by atoms with Gasteiger partial charge in [0.1, 0.15) is 5.82 Å². The number of aliphatic hydroxyl groups excluding tert-OH is 1. The summed E-state index contributed by atoms with van der Waals surface area (Å²) < 4.78 is 5.92. The normalized spacial score (nSPS) is 26.0. The predicted molar refractivity (Wildman–Crippen MR) is 81.4 cm³/mol. The summed E-state index contributed by atoms with van der Waals surface area (Å²) in [7, 11) is 0. The number of anilines is 1. The third-order valence-corrected chi connectivity index (χ3v) is 4.57. The highest BCUT2D eigenvalue weighted by Gasteiger charge is 2.35. The van der Waals surface area contributed by atoms with Gasteiger partial charge in [-0.2, -0.15) is 0 Å². The molecule has 2 unspecified atom stereocenters. The zero-order valence-corrected chi connectivity index (χ0v) is 13.0. The first-order valence-corrected chi connectivity index (χ1v) is 8.05. The molecule has 1 aliphatic heterocycles. The van der Waals surface area contributed by atoms with E-state index >= 15 is 0 Å². The van der Waals surface area contributed by atoms with Gasteiger partial charge in [0.25, 0.3) is 0 Å². The first-order chi connectivity index (χ1) is 10.2. The van der Waals surface area contributed by atoms with Crippen molar-refractivity contribution in [2.45, 2.75) is 64.2 Å². The van der Waals surface area contributed by atoms with Gasteiger partial charge in [-0.15, -0.1) is 0 Å². The monoisotopic (exact) mass is 291 g/mol. The minimum atomic E-state index is -0.0354. The van der Waals surface area contributed by atoms with Gasteiger partial charge in [-0.25, -0.2) is 9.97 Å². The third-order valence-electron chi connectivity index (χ3n) is 4.57. The summed E-state index contributed by atoms with van der Waals surface area (Å²) in [6.07, 6.45) is 7.02. The number of fused-ring (bicyclic) bond motifs is 1. The molecule has 116 valence electrons. The molecule has 1 aromatic heterocycles. The molecule has 0 aromatic carbocycles. The van der Waals surface area contributed by atoms with Gasteiger partial charge < -0.3 is 14.7 Å². The molecule has 0 amide bonds. The summed E-state index contributed by atoms with van der Waals surface area (Å²) >= 11 is 0. The Hall–Kier alpha value is -1.20. The highest BCUT2D eigenvalue weighted by molar-refractivity contribution is 5.51. The lowest BCUT2D eigenvalue weighted by atomic mass is 9.90. The van der Waals surface area contributed by atoms with Crippen LogP contribution in [0, 0.1) is 0 Å². The van der Waals surface area contributed by atoms with Crippen molar-refractivity contribution in [2.24, 2.45) is 0 Å². The lowest BCUT2D eigenvalue weighted by Gasteiger charge is -2.45. The van der Waals surface area contributed by atoms with Gasteiger partial charge in [-0.05, 0) is 12.8 Å². The summed E-state index contributed by atoms with van der Waals surface area (Å²) in [5.74, 6) is 1.08. The predicted octanol–water partition coefficient (Wildman–Crippen LogP) is 2.24. The van der Waals surface area contributed by atoms with E-state index in [-0.39, 0.29) is 12.5 Å². The fraction of sp³-hybridized carbons (Fsp3) is 0.750. The molecule has 1 saturated heterocycles. The second kappa shape index (κ2) is 6.28. The summed E-state index contributed by atoms with van der Waals surface area (Å²) in [6.45, 7) is 5.72. The number of ether oxygens (including phenoxy) is 1. The zero-order chi connectivity index (χ0) is 14.8. The molecule has 1 aromatic rings. The van der Waals surface area contributed by atoms with Gasteiger partial charge in [0.2, 0.25) is 0 Å². The maximum absolute atomic E-state index is 9.70. The van der Waals surface area contributed by atoms with E-state index in [0.717, 1.165) is 43.2 Å². The van der Waals surface area contributed by atoms with Crippen molar-refractivity contribution in [1.29, 1.82) is 0 Å². The van der Waals surface area contributed by atoms with Gasteiger partial charge in [0.05, 0.1) is 42.9 Å². The molecule has 1 saturated carbocycles. The second-order valence-electron chi connectivity index (χ2n) is 6.33. The molecule has 0 spiro atoms. The van der Waals surface area contributed by atoms with Gasteiger partial charge in [0.15, 0.2) is 0 Å². The van der Waals surface area contributed by atoms with Crippen LogP contribution in [0.25, 0.3) is 0 Å². The maximum Gasteiger partial charge on any atom is 0.131 e. The van der Waals surface area contributed by atoms with Crippen LogP contribution in [0.1, 0.15) is 57.0 Å². The topological polar surface area (TPSA) is 58.5 Å². The Morgan fingerprint density at radius 1 is 1.38 bits per heavy atom. The van der Waals surface area contributed by atoms with Crippen LogP contribution >= 0.6 is 0 Å². The Morgan fingerprint density at radius 2 is 2.19 bits per heavy atom. The van der Waals surface area contributed by atoms with Gasteiger partial charge >= 0.3 is 0 Å². The van der Waals surface area contributed by atoms with E-state index in [4.69, 9.17) is 4.74 Å². The zero-order valence-electron chi connectivity index (χ0n) is 13.0. The lowest BCUT2D eigenvalue weighted by Crippen LogP contribution is -2.53. The minimum absolute atomic E-state index is 0.0354. The number of aliphatic hydroxyl groups is 1. The number of morpholine rings is 1. The number of hydrogen-bond acceptors (Lipinski definition) is 5. The third kappa shape index (κ3) is 2.90. The first kappa shape index (κ1) is 14.7. The fourth-order valence-electron chi connectivity index (χ4n) is 3.46. The van der Waals surface area contributed by atoms with Crippen LogP contribution < -0.4 is 4.90 Å². The highest BCUT2D eigenvalue weighted by Crippen LogP contribution is 2.33. The summed E-state index contributed by atoms with van der Waals surface area (Å²) in [4.78, 5) is 11.4. The number of hydrogen-bond donors (Lipinski definition) is 1. The molecule has 2 heterocycles. The Kier molecular flexibility index (Phi) is 4.40. The molecule has 21 heavy (non-hydrogen) atoms. The number of rotatable bonds is 3. The van der Waals surface area contributed by atoms with Crippen LogP contribution in [-0.4, -0.2) is 40.4 Å². The molecule has 2 aliphatic rings. The van der Waals surface area contributed by atoms with Gasteiger partial charge in [-0.3, -0.25) is 0 Å². The molecule has 5 heteroatoms. The van der Waals surface area contributed by atoms with E-state index in [0.29, 0.717) is 12.1 Å². The van der Waals surface area contributed by atoms with Gasteiger partial charge in [-0.1, -0.05) is 26.7 Å². The van der Waals surface area contributed by atoms with E-state index in [1.807, 2.05) is 6.20 Å². The van der Waals surface area contributed by atoms with Crippen molar-refractivity contribution in [3.05, 3.63) is 17.7 Å². The summed E-state index contributed by atoms with van der Waals surface area (Å²) in [5, 5.41) is 9.70. The molecule has 3 rings (SSSR count). The van der Waals surface area contributed by atoms with Crippen molar-refractivity contribution < 1.29 is 9.84 Å². The van der Waals surface area contributed by atoms with Gasteiger partial charge in [0, 0.05) is 12.5 Å². The Bertz CT molecular complexity index is 490. The van der Waals surface area contributed by atoms with E-state index < -0.39 is 0 Å². The van der Waals surface area contributed by atoms with Crippen LogP contribution in [0.15, 0.2) is 6.20 Å². The molecular formula is C16H25N3O2. The SMILES string of the molecule is CC(C)c1ncc(N2CCOC3CCCCC32)c(CO)n1. The number of aromatic nitrogens is 2. The summed E-state index contributed by atoms with van der Waals surface area (Å²) in [6, 6.07) is 0.409. The van der Waals surface area contributed by atoms with Crippen LogP contribution in [0.3, 0.4) is 0 Å². The molecule has 2 atom stereocenters. The average Bonchev–Trinajstić information content (AvgIpc) is 2.53.